The number of aromatic carboxylic acids is 1. The summed E-state index contributed by atoms with van der Waals surface area (Å²) in [4.78, 5) is 23.2. The standard InChI is InChI=1S/C15H20N2O3/c16-9-11-4-1-2-7-13(11)14(18)17-12-6-3-5-10(8-12)15(19)20/h3,5-6,8,11,13H,1-2,4,7,9,16H2,(H,17,18)(H,19,20). The molecule has 1 aliphatic rings. The molecule has 1 aliphatic carbocycles. The van der Waals surface area contributed by atoms with Crippen molar-refractivity contribution in [3.8, 4) is 0 Å². The number of carbonyl (C=O) groups is 2. The van der Waals surface area contributed by atoms with Crippen molar-refractivity contribution in [3.05, 3.63) is 29.8 Å². The average molecular weight is 276 g/mol. The minimum Gasteiger partial charge on any atom is -0.478 e. The number of rotatable bonds is 4. The molecular weight excluding hydrogens is 256 g/mol. The second-order valence-electron chi connectivity index (χ2n) is 5.26. The number of anilines is 1. The summed E-state index contributed by atoms with van der Waals surface area (Å²) in [5.74, 6) is -0.894. The first-order chi connectivity index (χ1) is 9.61. The molecule has 2 atom stereocenters. The van der Waals surface area contributed by atoms with E-state index in [1.54, 1.807) is 12.1 Å². The maximum atomic E-state index is 12.3. The molecule has 1 fully saturated rings. The third-order valence-corrected chi connectivity index (χ3v) is 3.93. The van der Waals surface area contributed by atoms with Crippen LogP contribution in [-0.4, -0.2) is 23.5 Å². The Morgan fingerprint density at radius 3 is 2.75 bits per heavy atom. The number of nitrogens with one attached hydrogen (secondary N) is 1. The summed E-state index contributed by atoms with van der Waals surface area (Å²) in [5, 5.41) is 11.8. The Labute approximate surface area is 118 Å². The molecule has 0 aromatic heterocycles. The van der Waals surface area contributed by atoms with Crippen molar-refractivity contribution in [2.75, 3.05) is 11.9 Å². The Hall–Kier alpha value is -1.88. The lowest BCUT2D eigenvalue weighted by molar-refractivity contribution is -0.122. The number of carboxylic acid groups (broad SMARTS) is 1. The van der Waals surface area contributed by atoms with Gasteiger partial charge in [0, 0.05) is 11.6 Å². The lowest BCUT2D eigenvalue weighted by Crippen LogP contribution is -2.35. The first kappa shape index (κ1) is 14.5. The van der Waals surface area contributed by atoms with Crippen LogP contribution in [0.3, 0.4) is 0 Å². The van der Waals surface area contributed by atoms with Gasteiger partial charge in [0.25, 0.3) is 0 Å². The topological polar surface area (TPSA) is 92.4 Å². The maximum Gasteiger partial charge on any atom is 0.335 e. The molecule has 4 N–H and O–H groups in total. The van der Waals surface area contributed by atoms with Crippen molar-refractivity contribution in [2.45, 2.75) is 25.7 Å². The van der Waals surface area contributed by atoms with Gasteiger partial charge in [-0.2, -0.15) is 0 Å². The third kappa shape index (κ3) is 3.36. The van der Waals surface area contributed by atoms with Crippen molar-refractivity contribution in [3.63, 3.8) is 0 Å². The minimum atomic E-state index is -1.00. The van der Waals surface area contributed by atoms with Gasteiger partial charge in [-0.1, -0.05) is 18.9 Å². The van der Waals surface area contributed by atoms with Crippen molar-refractivity contribution in [1.82, 2.24) is 0 Å². The fourth-order valence-electron chi connectivity index (χ4n) is 2.80. The largest absolute Gasteiger partial charge is 0.478 e. The number of nitrogens with two attached hydrogens (primary N) is 1. The van der Waals surface area contributed by atoms with E-state index in [2.05, 4.69) is 5.32 Å². The van der Waals surface area contributed by atoms with Gasteiger partial charge in [-0.25, -0.2) is 4.79 Å². The summed E-state index contributed by atoms with van der Waals surface area (Å²) in [6, 6.07) is 6.30. The lowest BCUT2D eigenvalue weighted by atomic mass is 9.78. The quantitative estimate of drug-likeness (QED) is 0.785. The van der Waals surface area contributed by atoms with E-state index in [0.717, 1.165) is 25.7 Å². The summed E-state index contributed by atoms with van der Waals surface area (Å²) in [6.45, 7) is 0.521. The van der Waals surface area contributed by atoms with Gasteiger partial charge in [-0.3, -0.25) is 4.79 Å². The SMILES string of the molecule is NCC1CCCCC1C(=O)Nc1cccc(C(=O)O)c1. The molecule has 20 heavy (non-hydrogen) atoms. The van der Waals surface area contributed by atoms with Gasteiger partial charge in [0.2, 0.25) is 5.91 Å². The van der Waals surface area contributed by atoms with Crippen molar-refractivity contribution in [2.24, 2.45) is 17.6 Å². The Morgan fingerprint density at radius 2 is 2.05 bits per heavy atom. The maximum absolute atomic E-state index is 12.3. The molecule has 2 rings (SSSR count). The molecule has 1 saturated carbocycles. The first-order valence-electron chi connectivity index (χ1n) is 6.96. The monoisotopic (exact) mass is 276 g/mol. The van der Waals surface area contributed by atoms with E-state index in [1.165, 1.54) is 12.1 Å². The molecule has 108 valence electrons. The predicted octanol–water partition coefficient (Wildman–Crippen LogP) is 2.09. The Kier molecular flexibility index (Phi) is 4.74. The van der Waals surface area contributed by atoms with E-state index in [0.29, 0.717) is 12.2 Å². The average Bonchev–Trinajstić information content (AvgIpc) is 2.47. The van der Waals surface area contributed by atoms with Gasteiger partial charge in [-0.05, 0) is 43.5 Å². The van der Waals surface area contributed by atoms with Crippen LogP contribution >= 0.6 is 0 Å². The smallest absolute Gasteiger partial charge is 0.335 e. The lowest BCUT2D eigenvalue weighted by Gasteiger charge is -2.29. The number of hydrogen-bond donors (Lipinski definition) is 3. The molecule has 0 radical (unpaired) electrons. The zero-order valence-corrected chi connectivity index (χ0v) is 11.3. The molecular formula is C15H20N2O3. The molecule has 0 bridgehead atoms. The normalized spacial score (nSPS) is 22.2. The molecule has 0 heterocycles. The van der Waals surface area contributed by atoms with Crippen LogP contribution in [0.1, 0.15) is 36.0 Å². The molecule has 1 amide bonds. The fourth-order valence-corrected chi connectivity index (χ4v) is 2.80. The van der Waals surface area contributed by atoms with E-state index >= 15 is 0 Å². The fraction of sp³-hybridized carbons (Fsp3) is 0.467. The highest BCUT2D eigenvalue weighted by Crippen LogP contribution is 2.30. The van der Waals surface area contributed by atoms with Gasteiger partial charge >= 0.3 is 5.97 Å². The summed E-state index contributed by atoms with van der Waals surface area (Å²) >= 11 is 0. The van der Waals surface area contributed by atoms with Crippen molar-refractivity contribution >= 4 is 17.6 Å². The highest BCUT2D eigenvalue weighted by atomic mass is 16.4. The molecule has 5 nitrogen and oxygen atoms in total. The second kappa shape index (κ2) is 6.52. The molecule has 0 aliphatic heterocycles. The van der Waals surface area contributed by atoms with Crippen LogP contribution in [0.2, 0.25) is 0 Å². The summed E-state index contributed by atoms with van der Waals surface area (Å²) in [5.41, 5.74) is 6.42. The Morgan fingerprint density at radius 1 is 1.30 bits per heavy atom. The zero-order chi connectivity index (χ0) is 14.5. The highest BCUT2D eigenvalue weighted by molar-refractivity contribution is 5.95. The molecule has 1 aromatic carbocycles. The molecule has 0 saturated heterocycles. The molecule has 5 heteroatoms. The summed E-state index contributed by atoms with van der Waals surface area (Å²) < 4.78 is 0. The van der Waals surface area contributed by atoms with Crippen molar-refractivity contribution < 1.29 is 14.7 Å². The zero-order valence-electron chi connectivity index (χ0n) is 11.3. The van der Waals surface area contributed by atoms with E-state index in [1.807, 2.05) is 0 Å². The van der Waals surface area contributed by atoms with Gasteiger partial charge in [0.1, 0.15) is 0 Å². The Bertz CT molecular complexity index is 502. The van der Waals surface area contributed by atoms with Crippen LogP contribution in [0.5, 0.6) is 0 Å². The summed E-state index contributed by atoms with van der Waals surface area (Å²) in [7, 11) is 0. The van der Waals surface area contributed by atoms with Gasteiger partial charge in [0.05, 0.1) is 5.56 Å². The number of carboxylic acids is 1. The van der Waals surface area contributed by atoms with Crippen molar-refractivity contribution in [1.29, 1.82) is 0 Å². The number of hydrogen-bond acceptors (Lipinski definition) is 3. The molecule has 0 spiro atoms. The van der Waals surface area contributed by atoms with Crippen LogP contribution in [0.4, 0.5) is 5.69 Å². The van der Waals surface area contributed by atoms with Crippen LogP contribution in [0.25, 0.3) is 0 Å². The van der Waals surface area contributed by atoms with E-state index in [4.69, 9.17) is 10.8 Å². The van der Waals surface area contributed by atoms with Gasteiger partial charge < -0.3 is 16.2 Å². The van der Waals surface area contributed by atoms with Crippen LogP contribution in [0, 0.1) is 11.8 Å². The van der Waals surface area contributed by atoms with Gasteiger partial charge in [-0.15, -0.1) is 0 Å². The summed E-state index contributed by atoms with van der Waals surface area (Å²) in [6.07, 6.45) is 4.01. The minimum absolute atomic E-state index is 0.0531. The molecule has 2 unspecified atom stereocenters. The third-order valence-electron chi connectivity index (χ3n) is 3.93. The number of benzene rings is 1. The van der Waals surface area contributed by atoms with Crippen LogP contribution in [0.15, 0.2) is 24.3 Å². The van der Waals surface area contributed by atoms with E-state index in [-0.39, 0.29) is 23.3 Å². The van der Waals surface area contributed by atoms with E-state index in [9.17, 15) is 9.59 Å². The number of amides is 1. The molecule has 1 aromatic rings. The second-order valence-corrected chi connectivity index (χ2v) is 5.26. The first-order valence-corrected chi connectivity index (χ1v) is 6.96. The van der Waals surface area contributed by atoms with E-state index < -0.39 is 5.97 Å². The van der Waals surface area contributed by atoms with Crippen LogP contribution < -0.4 is 11.1 Å². The predicted molar refractivity (Wildman–Crippen MR) is 76.5 cm³/mol. The highest BCUT2D eigenvalue weighted by Gasteiger charge is 2.29. The van der Waals surface area contributed by atoms with Crippen LogP contribution in [-0.2, 0) is 4.79 Å². The Balaban J connectivity index is 2.06. The number of carbonyl (C=O) groups excluding carboxylic acids is 1. The van der Waals surface area contributed by atoms with Gasteiger partial charge in [0.15, 0.2) is 0 Å².